The van der Waals surface area contributed by atoms with Gasteiger partial charge in [0, 0.05) is 0 Å². The summed E-state index contributed by atoms with van der Waals surface area (Å²) in [5.74, 6) is 0.588. The van der Waals surface area contributed by atoms with E-state index in [2.05, 4.69) is 19.9 Å². The lowest BCUT2D eigenvalue weighted by atomic mass is 10.1. The quantitative estimate of drug-likeness (QED) is 0.446. The molecule has 0 aliphatic rings. The average Bonchev–Trinajstić information content (AvgIpc) is 2.01. The lowest BCUT2D eigenvalue weighted by Crippen LogP contribution is -1.84. The van der Waals surface area contributed by atoms with Crippen molar-refractivity contribution in [1.29, 1.82) is 0 Å². The van der Waals surface area contributed by atoms with E-state index < -0.39 is 0 Å². The summed E-state index contributed by atoms with van der Waals surface area (Å²) in [6.45, 7) is 6.18. The molecule has 61 valence electrons. The Balaban J connectivity index is 3.91. The summed E-state index contributed by atoms with van der Waals surface area (Å²) >= 11 is 0. The molecule has 1 atom stereocenters. The van der Waals surface area contributed by atoms with Gasteiger partial charge in [-0.25, -0.2) is 0 Å². The summed E-state index contributed by atoms with van der Waals surface area (Å²) in [6.07, 6.45) is 8.38. The molecule has 0 aromatic heterocycles. The van der Waals surface area contributed by atoms with Crippen LogP contribution in [0.3, 0.4) is 0 Å². The highest BCUT2D eigenvalue weighted by atomic mass is 16.1. The van der Waals surface area contributed by atoms with Gasteiger partial charge in [-0.3, -0.25) is 4.79 Å². The SMILES string of the molecule is CCC(C)C=CC(C)=C[C]=O. The van der Waals surface area contributed by atoms with Crippen molar-refractivity contribution in [3.63, 3.8) is 0 Å². The van der Waals surface area contributed by atoms with Gasteiger partial charge in [-0.1, -0.05) is 32.4 Å². The van der Waals surface area contributed by atoms with Crippen LogP contribution in [0.2, 0.25) is 0 Å². The van der Waals surface area contributed by atoms with Crippen LogP contribution in [-0.4, -0.2) is 6.29 Å². The molecule has 0 saturated carbocycles. The Kier molecular flexibility index (Phi) is 5.44. The molecule has 0 spiro atoms. The lowest BCUT2D eigenvalue weighted by molar-refractivity contribution is 0.564. The molecule has 0 saturated heterocycles. The molecule has 1 radical (unpaired) electrons. The van der Waals surface area contributed by atoms with E-state index in [9.17, 15) is 4.79 Å². The molecule has 0 aliphatic carbocycles. The Hall–Kier alpha value is -0.850. The number of carbonyl (C=O) groups excluding carboxylic acids is 1. The Labute approximate surface area is 68.8 Å². The van der Waals surface area contributed by atoms with E-state index >= 15 is 0 Å². The second-order valence-electron chi connectivity index (χ2n) is 2.75. The molecule has 0 N–H and O–H groups in total. The highest BCUT2D eigenvalue weighted by Gasteiger charge is 1.89. The van der Waals surface area contributed by atoms with Crippen molar-refractivity contribution in [3.05, 3.63) is 23.8 Å². The van der Waals surface area contributed by atoms with Crippen LogP contribution in [-0.2, 0) is 4.79 Å². The van der Waals surface area contributed by atoms with Gasteiger partial charge in [0.1, 0.15) is 0 Å². The van der Waals surface area contributed by atoms with Crippen LogP contribution in [0.1, 0.15) is 27.2 Å². The van der Waals surface area contributed by atoms with E-state index in [4.69, 9.17) is 0 Å². The van der Waals surface area contributed by atoms with Crippen molar-refractivity contribution in [1.82, 2.24) is 0 Å². The van der Waals surface area contributed by atoms with Gasteiger partial charge in [-0.15, -0.1) is 0 Å². The normalized spacial score (nSPS) is 15.4. The smallest absolute Gasteiger partial charge is 0.225 e. The van der Waals surface area contributed by atoms with E-state index in [0.29, 0.717) is 5.92 Å². The Morgan fingerprint density at radius 2 is 2.27 bits per heavy atom. The summed E-state index contributed by atoms with van der Waals surface area (Å²) < 4.78 is 0. The second kappa shape index (κ2) is 5.90. The zero-order chi connectivity index (χ0) is 8.69. The minimum Gasteiger partial charge on any atom is -0.286 e. The Morgan fingerprint density at radius 3 is 2.73 bits per heavy atom. The monoisotopic (exact) mass is 151 g/mol. The number of hydrogen-bond acceptors (Lipinski definition) is 1. The summed E-state index contributed by atoms with van der Waals surface area (Å²) in [5.41, 5.74) is 0.959. The molecule has 0 aromatic rings. The predicted octanol–water partition coefficient (Wildman–Crippen LogP) is 2.64. The minimum atomic E-state index is 0.588. The van der Waals surface area contributed by atoms with E-state index in [0.717, 1.165) is 12.0 Å². The van der Waals surface area contributed by atoms with E-state index in [1.165, 1.54) is 6.08 Å². The summed E-state index contributed by atoms with van der Waals surface area (Å²) in [7, 11) is 0. The molecule has 1 heteroatoms. The van der Waals surface area contributed by atoms with E-state index in [1.54, 1.807) is 6.29 Å². The maximum Gasteiger partial charge on any atom is 0.225 e. The van der Waals surface area contributed by atoms with E-state index in [1.807, 2.05) is 13.0 Å². The average molecular weight is 151 g/mol. The first kappa shape index (κ1) is 10.2. The van der Waals surface area contributed by atoms with Crippen LogP contribution in [0.25, 0.3) is 0 Å². The van der Waals surface area contributed by atoms with Gasteiger partial charge in [0.15, 0.2) is 0 Å². The molecule has 0 aromatic carbocycles. The highest BCUT2D eigenvalue weighted by Crippen LogP contribution is 2.04. The van der Waals surface area contributed by atoms with Gasteiger partial charge < -0.3 is 0 Å². The molecule has 0 bridgehead atoms. The topological polar surface area (TPSA) is 17.1 Å². The fourth-order valence-electron chi connectivity index (χ4n) is 0.593. The summed E-state index contributed by atoms with van der Waals surface area (Å²) in [4.78, 5) is 9.89. The maximum atomic E-state index is 9.89. The fraction of sp³-hybridized carbons (Fsp3) is 0.500. The van der Waals surface area contributed by atoms with Crippen LogP contribution in [0.5, 0.6) is 0 Å². The van der Waals surface area contributed by atoms with Crippen LogP contribution in [0, 0.1) is 5.92 Å². The first-order valence-corrected chi connectivity index (χ1v) is 3.93. The summed E-state index contributed by atoms with van der Waals surface area (Å²) in [6, 6.07) is 0. The number of hydrogen-bond donors (Lipinski definition) is 0. The first-order chi connectivity index (χ1) is 5.20. The third-order valence-electron chi connectivity index (χ3n) is 1.62. The van der Waals surface area contributed by atoms with Crippen molar-refractivity contribution < 1.29 is 4.79 Å². The molecule has 0 aliphatic heterocycles. The Bertz CT molecular complexity index is 166. The molecule has 0 heterocycles. The molecule has 11 heavy (non-hydrogen) atoms. The molecule has 0 rings (SSSR count). The van der Waals surface area contributed by atoms with E-state index in [-0.39, 0.29) is 0 Å². The number of allylic oxidation sites excluding steroid dienone is 4. The zero-order valence-electron chi connectivity index (χ0n) is 7.42. The minimum absolute atomic E-state index is 0.588. The van der Waals surface area contributed by atoms with Gasteiger partial charge in [0.05, 0.1) is 0 Å². The highest BCUT2D eigenvalue weighted by molar-refractivity contribution is 5.67. The third-order valence-corrected chi connectivity index (χ3v) is 1.62. The largest absolute Gasteiger partial charge is 0.286 e. The predicted molar refractivity (Wildman–Crippen MR) is 48.0 cm³/mol. The van der Waals surface area contributed by atoms with Gasteiger partial charge in [0.25, 0.3) is 0 Å². The fourth-order valence-corrected chi connectivity index (χ4v) is 0.593. The molecular weight excluding hydrogens is 136 g/mol. The maximum absolute atomic E-state index is 9.89. The first-order valence-electron chi connectivity index (χ1n) is 3.93. The van der Waals surface area contributed by atoms with Crippen molar-refractivity contribution in [2.45, 2.75) is 27.2 Å². The van der Waals surface area contributed by atoms with Crippen molar-refractivity contribution >= 4 is 6.29 Å². The number of rotatable bonds is 4. The van der Waals surface area contributed by atoms with Crippen LogP contribution in [0.4, 0.5) is 0 Å². The third kappa shape index (κ3) is 5.59. The second-order valence-corrected chi connectivity index (χ2v) is 2.75. The molecule has 1 unspecified atom stereocenters. The zero-order valence-corrected chi connectivity index (χ0v) is 7.42. The van der Waals surface area contributed by atoms with Gasteiger partial charge in [-0.05, 0) is 24.5 Å². The summed E-state index contributed by atoms with van der Waals surface area (Å²) in [5, 5.41) is 0. The standard InChI is InChI=1S/C10H15O/c1-4-9(2)5-6-10(3)7-8-11/h5-7,9H,4H2,1-3H3. The van der Waals surface area contributed by atoms with Gasteiger partial charge in [0.2, 0.25) is 6.29 Å². The van der Waals surface area contributed by atoms with Gasteiger partial charge >= 0.3 is 0 Å². The van der Waals surface area contributed by atoms with Crippen molar-refractivity contribution in [2.75, 3.05) is 0 Å². The van der Waals surface area contributed by atoms with Crippen molar-refractivity contribution in [3.8, 4) is 0 Å². The molecular formula is C10H15O. The van der Waals surface area contributed by atoms with Crippen molar-refractivity contribution in [2.24, 2.45) is 5.92 Å². The van der Waals surface area contributed by atoms with Crippen LogP contribution >= 0.6 is 0 Å². The van der Waals surface area contributed by atoms with Crippen LogP contribution < -0.4 is 0 Å². The lowest BCUT2D eigenvalue weighted by Gasteiger charge is -1.98. The Morgan fingerprint density at radius 1 is 1.64 bits per heavy atom. The molecule has 0 fully saturated rings. The molecule has 1 nitrogen and oxygen atoms in total. The van der Waals surface area contributed by atoms with Crippen LogP contribution in [0.15, 0.2) is 23.8 Å². The molecule has 0 amide bonds. The van der Waals surface area contributed by atoms with Gasteiger partial charge in [-0.2, -0.15) is 0 Å².